The maximum Gasteiger partial charge on any atom is 0.355 e. The molecule has 138 valence electrons. The number of aromatic nitrogens is 2. The van der Waals surface area contributed by atoms with Gasteiger partial charge in [0.15, 0.2) is 6.61 Å². The maximum atomic E-state index is 12.0. The van der Waals surface area contributed by atoms with Gasteiger partial charge in [-0.3, -0.25) is 9.78 Å². The van der Waals surface area contributed by atoms with Gasteiger partial charge in [-0.25, -0.2) is 14.4 Å². The van der Waals surface area contributed by atoms with Crippen LogP contribution in [0.1, 0.15) is 50.5 Å². The predicted molar refractivity (Wildman–Crippen MR) is 89.2 cm³/mol. The van der Waals surface area contributed by atoms with E-state index in [1.807, 2.05) is 4.98 Å². The van der Waals surface area contributed by atoms with E-state index in [2.05, 4.69) is 25.8 Å². The van der Waals surface area contributed by atoms with E-state index in [9.17, 15) is 19.2 Å². The third-order valence-corrected chi connectivity index (χ3v) is 4.55. The molecule has 8 nitrogen and oxygen atoms in total. The van der Waals surface area contributed by atoms with E-state index in [4.69, 9.17) is 9.47 Å². The molecule has 0 radical (unpaired) electrons. The Kier molecular flexibility index (Phi) is 6.17. The molecular formula is C17H24N2O6. The van der Waals surface area contributed by atoms with Gasteiger partial charge in [-0.15, -0.1) is 0 Å². The van der Waals surface area contributed by atoms with E-state index in [0.29, 0.717) is 17.8 Å². The van der Waals surface area contributed by atoms with Gasteiger partial charge >= 0.3 is 17.6 Å². The minimum atomic E-state index is -0.961. The van der Waals surface area contributed by atoms with Crippen LogP contribution in [0.15, 0.2) is 15.7 Å². The molecule has 1 fully saturated rings. The maximum absolute atomic E-state index is 12.0. The highest BCUT2D eigenvalue weighted by molar-refractivity contribution is 5.88. The Balaban J connectivity index is 1.92. The van der Waals surface area contributed by atoms with Crippen molar-refractivity contribution in [2.45, 2.75) is 46.1 Å². The highest BCUT2D eigenvalue weighted by atomic mass is 16.6. The molecule has 3 atom stereocenters. The molecule has 8 heteroatoms. The Morgan fingerprint density at radius 3 is 2.60 bits per heavy atom. The van der Waals surface area contributed by atoms with E-state index < -0.39 is 29.8 Å². The van der Waals surface area contributed by atoms with Crippen LogP contribution in [0.3, 0.4) is 0 Å². The fourth-order valence-corrected chi connectivity index (χ4v) is 3.23. The average molecular weight is 352 g/mol. The zero-order valence-electron chi connectivity index (χ0n) is 14.7. The van der Waals surface area contributed by atoms with E-state index in [-0.39, 0.29) is 11.8 Å². The SMILES string of the molecule is CC(C)[C@@H]1CC[C@@H](C)C[C@H]1OC(=O)COC(=O)c1cc(=O)[nH]c(=O)[nH]1. The van der Waals surface area contributed by atoms with Crippen LogP contribution in [0.4, 0.5) is 0 Å². The van der Waals surface area contributed by atoms with Crippen molar-refractivity contribution in [1.29, 1.82) is 0 Å². The first-order valence-corrected chi connectivity index (χ1v) is 8.46. The smallest absolute Gasteiger partial charge is 0.355 e. The minimum absolute atomic E-state index is 0.186. The highest BCUT2D eigenvalue weighted by Crippen LogP contribution is 2.35. The molecule has 1 aliphatic rings. The van der Waals surface area contributed by atoms with Crippen LogP contribution < -0.4 is 11.2 Å². The van der Waals surface area contributed by atoms with E-state index >= 15 is 0 Å². The molecule has 0 spiro atoms. The van der Waals surface area contributed by atoms with Crippen molar-refractivity contribution < 1.29 is 19.1 Å². The summed E-state index contributed by atoms with van der Waals surface area (Å²) in [7, 11) is 0. The first kappa shape index (κ1) is 19.0. The summed E-state index contributed by atoms with van der Waals surface area (Å²) in [6, 6.07) is 0.896. The monoisotopic (exact) mass is 352 g/mol. The number of hydrogen-bond donors (Lipinski definition) is 2. The van der Waals surface area contributed by atoms with Gasteiger partial charge in [0.1, 0.15) is 11.8 Å². The molecule has 25 heavy (non-hydrogen) atoms. The first-order chi connectivity index (χ1) is 11.8. The van der Waals surface area contributed by atoms with Gasteiger partial charge in [0.05, 0.1) is 0 Å². The Morgan fingerprint density at radius 2 is 1.96 bits per heavy atom. The van der Waals surface area contributed by atoms with E-state index in [1.165, 1.54) is 0 Å². The summed E-state index contributed by atoms with van der Waals surface area (Å²) in [5.41, 5.74) is -1.86. The fraction of sp³-hybridized carbons (Fsp3) is 0.647. The van der Waals surface area contributed by atoms with Crippen LogP contribution in [0, 0.1) is 17.8 Å². The summed E-state index contributed by atoms with van der Waals surface area (Å²) in [5, 5.41) is 0. The highest BCUT2D eigenvalue weighted by Gasteiger charge is 2.33. The number of aromatic amines is 2. The lowest BCUT2D eigenvalue weighted by atomic mass is 9.75. The van der Waals surface area contributed by atoms with Crippen LogP contribution >= 0.6 is 0 Å². The number of hydrogen-bond acceptors (Lipinski definition) is 6. The molecule has 0 amide bonds. The normalized spacial score (nSPS) is 23.3. The van der Waals surface area contributed by atoms with Gasteiger partial charge in [-0.2, -0.15) is 0 Å². The molecule has 1 aliphatic carbocycles. The van der Waals surface area contributed by atoms with Crippen molar-refractivity contribution in [3.63, 3.8) is 0 Å². The van der Waals surface area contributed by atoms with Crippen molar-refractivity contribution in [2.75, 3.05) is 6.61 Å². The number of nitrogens with one attached hydrogen (secondary N) is 2. The third kappa shape index (κ3) is 5.30. The van der Waals surface area contributed by atoms with Crippen molar-refractivity contribution in [1.82, 2.24) is 9.97 Å². The number of ether oxygens (including phenoxy) is 2. The molecule has 1 aromatic rings. The molecule has 1 heterocycles. The number of H-pyrrole nitrogens is 2. The largest absolute Gasteiger partial charge is 0.460 e. The van der Waals surface area contributed by atoms with Crippen LogP contribution in [-0.2, 0) is 14.3 Å². The lowest BCUT2D eigenvalue weighted by Crippen LogP contribution is -2.37. The van der Waals surface area contributed by atoms with E-state index in [0.717, 1.165) is 25.3 Å². The van der Waals surface area contributed by atoms with E-state index in [1.54, 1.807) is 0 Å². The van der Waals surface area contributed by atoms with Gasteiger partial charge < -0.3 is 14.5 Å². The number of esters is 2. The first-order valence-electron chi connectivity index (χ1n) is 8.46. The van der Waals surface area contributed by atoms with Crippen molar-refractivity contribution >= 4 is 11.9 Å². The molecule has 0 aromatic carbocycles. The zero-order valence-corrected chi connectivity index (χ0v) is 14.7. The van der Waals surface area contributed by atoms with Gasteiger partial charge in [0.25, 0.3) is 5.56 Å². The van der Waals surface area contributed by atoms with Crippen LogP contribution in [-0.4, -0.2) is 34.6 Å². The number of carbonyl (C=O) groups excluding carboxylic acids is 2. The molecule has 0 aliphatic heterocycles. The summed E-state index contributed by atoms with van der Waals surface area (Å²) < 4.78 is 10.3. The second kappa shape index (κ2) is 8.13. The van der Waals surface area contributed by atoms with Crippen LogP contribution in [0.25, 0.3) is 0 Å². The van der Waals surface area contributed by atoms with Crippen molar-refractivity contribution in [3.8, 4) is 0 Å². The predicted octanol–water partition coefficient (Wildman–Crippen LogP) is 1.22. The molecule has 2 rings (SSSR count). The Hall–Kier alpha value is -2.38. The molecule has 1 saturated carbocycles. The summed E-state index contributed by atoms with van der Waals surface area (Å²) in [4.78, 5) is 50.2. The molecule has 0 unspecified atom stereocenters. The second-order valence-corrected chi connectivity index (χ2v) is 6.93. The molecule has 1 aromatic heterocycles. The number of rotatable bonds is 5. The van der Waals surface area contributed by atoms with Crippen LogP contribution in [0.2, 0.25) is 0 Å². The van der Waals surface area contributed by atoms with Gasteiger partial charge in [0, 0.05) is 6.07 Å². The van der Waals surface area contributed by atoms with Gasteiger partial charge in [-0.05, 0) is 30.6 Å². The Bertz CT molecular complexity index is 707. The van der Waals surface area contributed by atoms with Crippen molar-refractivity contribution in [2.24, 2.45) is 17.8 Å². The zero-order chi connectivity index (χ0) is 18.6. The molecule has 0 saturated heterocycles. The summed E-state index contributed by atoms with van der Waals surface area (Å²) in [6.45, 7) is 5.76. The summed E-state index contributed by atoms with van der Waals surface area (Å²) in [5.74, 6) is -0.423. The molecular weight excluding hydrogens is 328 g/mol. The van der Waals surface area contributed by atoms with Gasteiger partial charge in [0.2, 0.25) is 0 Å². The topological polar surface area (TPSA) is 118 Å². The van der Waals surface area contributed by atoms with Gasteiger partial charge in [-0.1, -0.05) is 27.2 Å². The quantitative estimate of drug-likeness (QED) is 0.769. The lowest BCUT2D eigenvalue weighted by Gasteiger charge is -2.36. The van der Waals surface area contributed by atoms with Crippen molar-refractivity contribution in [3.05, 3.63) is 32.6 Å². The third-order valence-electron chi connectivity index (χ3n) is 4.55. The molecule has 0 bridgehead atoms. The Labute approximate surface area is 144 Å². The average Bonchev–Trinajstić information content (AvgIpc) is 2.51. The standard InChI is InChI=1S/C17H24N2O6/c1-9(2)11-5-4-10(3)6-13(11)25-15(21)8-24-16(22)12-7-14(20)19-17(23)18-12/h7,9-11,13H,4-6,8H2,1-3H3,(H2,18,19,20,23)/t10-,11+,13-/m1/s1. The fourth-order valence-electron chi connectivity index (χ4n) is 3.23. The number of carbonyl (C=O) groups is 2. The van der Waals surface area contributed by atoms with Crippen LogP contribution in [0.5, 0.6) is 0 Å². The second-order valence-electron chi connectivity index (χ2n) is 6.93. The molecule has 2 N–H and O–H groups in total. The summed E-state index contributed by atoms with van der Waals surface area (Å²) >= 11 is 0. The Morgan fingerprint density at radius 1 is 1.24 bits per heavy atom. The minimum Gasteiger partial charge on any atom is -0.460 e. The lowest BCUT2D eigenvalue weighted by molar-refractivity contribution is -0.159. The summed E-state index contributed by atoms with van der Waals surface area (Å²) in [6.07, 6.45) is 2.73.